The molecule has 0 amide bonds. The number of Topliss-reactive ketones (excluding diaryl/α,β-unsaturated/α-hetero) is 1. The molecule has 1 aliphatic rings. The normalized spacial score (nSPS) is 22.0. The molecule has 0 spiro atoms. The van der Waals surface area contributed by atoms with E-state index in [-0.39, 0.29) is 6.10 Å². The Bertz CT molecular complexity index is 224. The van der Waals surface area contributed by atoms with Crippen molar-refractivity contribution in [1.82, 2.24) is 4.90 Å². The Labute approximate surface area is 106 Å². The van der Waals surface area contributed by atoms with E-state index >= 15 is 0 Å². The first-order valence-corrected chi connectivity index (χ1v) is 7.07. The van der Waals surface area contributed by atoms with E-state index in [1.54, 1.807) is 0 Å². The smallest absolute Gasteiger partial charge is 0.163 e. The van der Waals surface area contributed by atoms with Gasteiger partial charge in [-0.1, -0.05) is 33.6 Å². The Morgan fingerprint density at radius 2 is 2.06 bits per heavy atom. The van der Waals surface area contributed by atoms with E-state index in [2.05, 4.69) is 25.7 Å². The summed E-state index contributed by atoms with van der Waals surface area (Å²) < 4.78 is 5.61. The Hall–Kier alpha value is -0.410. The van der Waals surface area contributed by atoms with Crippen molar-refractivity contribution in [2.75, 3.05) is 26.2 Å². The Balaban J connectivity index is 2.40. The lowest BCUT2D eigenvalue weighted by molar-refractivity contribution is -0.137. The second-order valence-corrected chi connectivity index (χ2v) is 5.01. The number of nitrogens with zero attached hydrogens (tertiary/aromatic N) is 1. The molecule has 1 saturated heterocycles. The van der Waals surface area contributed by atoms with Crippen LogP contribution in [0.2, 0.25) is 0 Å². The van der Waals surface area contributed by atoms with E-state index in [0.29, 0.717) is 24.7 Å². The molecule has 0 radical (unpaired) electrons. The first-order chi connectivity index (χ1) is 8.21. The van der Waals surface area contributed by atoms with E-state index < -0.39 is 0 Å². The highest BCUT2D eigenvalue weighted by Gasteiger charge is 2.27. The number of carbonyl (C=O) groups is 1. The lowest BCUT2D eigenvalue weighted by atomic mass is 9.94. The van der Waals surface area contributed by atoms with Gasteiger partial charge in [0.05, 0.1) is 6.61 Å². The van der Waals surface area contributed by atoms with Crippen LogP contribution >= 0.6 is 0 Å². The highest BCUT2D eigenvalue weighted by molar-refractivity contribution is 5.83. The number of ketones is 1. The molecule has 0 N–H and O–H groups in total. The molecule has 1 heterocycles. The summed E-state index contributed by atoms with van der Waals surface area (Å²) in [4.78, 5) is 14.5. The molecule has 100 valence electrons. The minimum atomic E-state index is -0.170. The van der Waals surface area contributed by atoms with Gasteiger partial charge in [0.25, 0.3) is 0 Å². The molecule has 0 bridgehead atoms. The molecule has 0 saturated carbocycles. The highest BCUT2D eigenvalue weighted by Crippen LogP contribution is 2.16. The zero-order valence-electron chi connectivity index (χ0n) is 11.6. The molecule has 0 aromatic rings. The van der Waals surface area contributed by atoms with Gasteiger partial charge in [0.2, 0.25) is 0 Å². The molecule has 0 aromatic heterocycles. The van der Waals surface area contributed by atoms with Gasteiger partial charge in [-0.3, -0.25) is 9.69 Å². The summed E-state index contributed by atoms with van der Waals surface area (Å²) in [5.74, 6) is 0.840. The minimum absolute atomic E-state index is 0.170. The van der Waals surface area contributed by atoms with Crippen LogP contribution in [0.3, 0.4) is 0 Å². The van der Waals surface area contributed by atoms with Crippen LogP contribution in [0.4, 0.5) is 0 Å². The summed E-state index contributed by atoms with van der Waals surface area (Å²) in [6, 6.07) is 0. The van der Waals surface area contributed by atoms with Crippen molar-refractivity contribution >= 4 is 5.78 Å². The standard InChI is InChI=1S/C14H27NO2/c1-4-7-15-8-9-17-14(11-15)13(16)10-12(5-2)6-3/h12,14H,4-11H2,1-3H3. The van der Waals surface area contributed by atoms with Crippen LogP contribution in [0.15, 0.2) is 0 Å². The number of hydrogen-bond acceptors (Lipinski definition) is 3. The van der Waals surface area contributed by atoms with Gasteiger partial charge in [-0.25, -0.2) is 0 Å². The lowest BCUT2D eigenvalue weighted by Gasteiger charge is -2.32. The van der Waals surface area contributed by atoms with Gasteiger partial charge in [-0.2, -0.15) is 0 Å². The van der Waals surface area contributed by atoms with Crippen molar-refractivity contribution in [1.29, 1.82) is 0 Å². The van der Waals surface area contributed by atoms with Crippen LogP contribution in [0.1, 0.15) is 46.5 Å². The fraction of sp³-hybridized carbons (Fsp3) is 0.929. The van der Waals surface area contributed by atoms with E-state index in [1.807, 2.05) is 0 Å². The molecule has 1 rings (SSSR count). The number of morpholine rings is 1. The Kier molecular flexibility index (Phi) is 6.75. The largest absolute Gasteiger partial charge is 0.368 e. The first kappa shape index (κ1) is 14.7. The molecule has 3 heteroatoms. The highest BCUT2D eigenvalue weighted by atomic mass is 16.5. The van der Waals surface area contributed by atoms with Crippen LogP contribution in [0, 0.1) is 5.92 Å². The van der Waals surface area contributed by atoms with Crippen molar-refractivity contribution in [3.8, 4) is 0 Å². The van der Waals surface area contributed by atoms with Crippen molar-refractivity contribution in [3.63, 3.8) is 0 Å². The zero-order valence-corrected chi connectivity index (χ0v) is 11.6. The van der Waals surface area contributed by atoms with Crippen LogP contribution in [-0.2, 0) is 9.53 Å². The van der Waals surface area contributed by atoms with E-state index in [4.69, 9.17) is 4.74 Å². The van der Waals surface area contributed by atoms with E-state index in [1.165, 1.54) is 0 Å². The molecule has 1 atom stereocenters. The number of ether oxygens (including phenoxy) is 1. The molecule has 3 nitrogen and oxygen atoms in total. The summed E-state index contributed by atoms with van der Waals surface area (Å²) in [7, 11) is 0. The summed E-state index contributed by atoms with van der Waals surface area (Å²) in [5, 5.41) is 0. The number of hydrogen-bond donors (Lipinski definition) is 0. The van der Waals surface area contributed by atoms with Gasteiger partial charge >= 0.3 is 0 Å². The zero-order chi connectivity index (χ0) is 12.7. The van der Waals surface area contributed by atoms with Gasteiger partial charge in [-0.15, -0.1) is 0 Å². The molecule has 0 aliphatic carbocycles. The van der Waals surface area contributed by atoms with Gasteiger partial charge in [-0.05, 0) is 18.9 Å². The molecule has 0 aromatic carbocycles. The van der Waals surface area contributed by atoms with Crippen molar-refractivity contribution in [2.45, 2.75) is 52.6 Å². The van der Waals surface area contributed by atoms with E-state index in [0.717, 1.165) is 38.9 Å². The fourth-order valence-corrected chi connectivity index (χ4v) is 2.41. The predicted molar refractivity (Wildman–Crippen MR) is 70.2 cm³/mol. The topological polar surface area (TPSA) is 29.5 Å². The predicted octanol–water partition coefficient (Wildman–Crippen LogP) is 2.49. The number of rotatable bonds is 7. The monoisotopic (exact) mass is 241 g/mol. The molecule has 17 heavy (non-hydrogen) atoms. The molecule has 1 aliphatic heterocycles. The van der Waals surface area contributed by atoms with Crippen LogP contribution in [0.25, 0.3) is 0 Å². The van der Waals surface area contributed by atoms with Crippen molar-refractivity contribution in [3.05, 3.63) is 0 Å². The van der Waals surface area contributed by atoms with Crippen molar-refractivity contribution < 1.29 is 9.53 Å². The van der Waals surface area contributed by atoms with Gasteiger partial charge < -0.3 is 4.74 Å². The molecule has 1 unspecified atom stereocenters. The summed E-state index contributed by atoms with van der Waals surface area (Å²) in [6.07, 6.45) is 3.85. The number of carbonyl (C=O) groups excluding carboxylic acids is 1. The minimum Gasteiger partial charge on any atom is -0.368 e. The third-order valence-corrected chi connectivity index (χ3v) is 3.69. The van der Waals surface area contributed by atoms with E-state index in [9.17, 15) is 4.79 Å². The van der Waals surface area contributed by atoms with Gasteiger partial charge in [0.1, 0.15) is 6.10 Å². The second-order valence-electron chi connectivity index (χ2n) is 5.01. The third kappa shape index (κ3) is 4.76. The third-order valence-electron chi connectivity index (χ3n) is 3.69. The van der Waals surface area contributed by atoms with Gasteiger partial charge in [0.15, 0.2) is 5.78 Å². The fourth-order valence-electron chi connectivity index (χ4n) is 2.41. The van der Waals surface area contributed by atoms with Crippen LogP contribution < -0.4 is 0 Å². The Morgan fingerprint density at radius 3 is 2.65 bits per heavy atom. The average Bonchev–Trinajstić information content (AvgIpc) is 2.36. The average molecular weight is 241 g/mol. The second kappa shape index (κ2) is 7.83. The lowest BCUT2D eigenvalue weighted by Crippen LogP contribution is -2.46. The Morgan fingerprint density at radius 1 is 1.35 bits per heavy atom. The molecule has 1 fully saturated rings. The first-order valence-electron chi connectivity index (χ1n) is 7.07. The molecular weight excluding hydrogens is 214 g/mol. The quantitative estimate of drug-likeness (QED) is 0.686. The van der Waals surface area contributed by atoms with Gasteiger partial charge in [0, 0.05) is 19.5 Å². The maximum Gasteiger partial charge on any atom is 0.163 e. The van der Waals surface area contributed by atoms with Crippen LogP contribution in [0.5, 0.6) is 0 Å². The SMILES string of the molecule is CCCN1CCOC(C(=O)CC(CC)CC)C1. The van der Waals surface area contributed by atoms with Crippen LogP contribution in [-0.4, -0.2) is 43.0 Å². The maximum atomic E-state index is 12.1. The van der Waals surface area contributed by atoms with Crippen molar-refractivity contribution in [2.24, 2.45) is 5.92 Å². The summed E-state index contributed by atoms with van der Waals surface area (Å²) >= 11 is 0. The summed E-state index contributed by atoms with van der Waals surface area (Å²) in [5.41, 5.74) is 0. The maximum absolute atomic E-state index is 12.1. The molecular formula is C14H27NO2. The summed E-state index contributed by atoms with van der Waals surface area (Å²) in [6.45, 7) is 10.1.